The number of hydrogen-bond acceptors (Lipinski definition) is 2. The lowest BCUT2D eigenvalue weighted by molar-refractivity contribution is -0.137. The third-order valence-electron chi connectivity index (χ3n) is 7.03. The van der Waals surface area contributed by atoms with Gasteiger partial charge in [0.25, 0.3) is 0 Å². The molecule has 0 radical (unpaired) electrons. The van der Waals surface area contributed by atoms with Crippen molar-refractivity contribution in [3.05, 3.63) is 35.4 Å². The van der Waals surface area contributed by atoms with Gasteiger partial charge in [0.1, 0.15) is 0 Å². The second-order valence-electron chi connectivity index (χ2n) is 8.75. The smallest absolute Gasteiger partial charge is 0.227 e. The topological polar surface area (TPSA) is 49.4 Å². The minimum absolute atomic E-state index is 0.0247. The van der Waals surface area contributed by atoms with Gasteiger partial charge in [-0.05, 0) is 55.1 Å². The number of benzene rings is 1. The monoisotopic (exact) mass is 368 g/mol. The number of carbonyl (C=O) groups is 2. The van der Waals surface area contributed by atoms with Crippen molar-refractivity contribution in [2.45, 2.75) is 63.7 Å². The summed E-state index contributed by atoms with van der Waals surface area (Å²) in [5, 5.41) is 2.89. The van der Waals surface area contributed by atoms with Crippen LogP contribution in [0.4, 0.5) is 0 Å². The zero-order valence-corrected chi connectivity index (χ0v) is 16.7. The quantitative estimate of drug-likeness (QED) is 0.799. The van der Waals surface area contributed by atoms with Crippen LogP contribution in [-0.2, 0) is 15.0 Å². The molecule has 1 N–H and O–H groups in total. The first-order chi connectivity index (χ1) is 13.1. The van der Waals surface area contributed by atoms with Gasteiger partial charge in [-0.3, -0.25) is 9.59 Å². The van der Waals surface area contributed by atoms with Crippen molar-refractivity contribution in [3.63, 3.8) is 0 Å². The Bertz CT molecular complexity index is 727. The fourth-order valence-corrected chi connectivity index (χ4v) is 4.86. The number of nitrogens with zero attached hydrogens (tertiary/aromatic N) is 1. The molecule has 0 spiro atoms. The van der Waals surface area contributed by atoms with Crippen molar-refractivity contribution in [2.75, 3.05) is 19.6 Å². The zero-order chi connectivity index (χ0) is 19.0. The van der Waals surface area contributed by atoms with Crippen molar-refractivity contribution in [1.82, 2.24) is 10.2 Å². The molecule has 1 aliphatic heterocycles. The van der Waals surface area contributed by atoms with Gasteiger partial charge in [0.15, 0.2) is 0 Å². The van der Waals surface area contributed by atoms with Crippen molar-refractivity contribution in [3.8, 4) is 0 Å². The van der Waals surface area contributed by atoms with Crippen LogP contribution in [0.5, 0.6) is 0 Å². The molecule has 2 unspecified atom stereocenters. The molecule has 0 bridgehead atoms. The second kappa shape index (κ2) is 7.29. The number of likely N-dealkylation sites (tertiary alicyclic amines) is 1. The number of amides is 2. The minimum atomic E-state index is -0.0926. The van der Waals surface area contributed by atoms with E-state index in [4.69, 9.17) is 0 Å². The van der Waals surface area contributed by atoms with Gasteiger partial charge in [0.2, 0.25) is 11.8 Å². The Morgan fingerprint density at radius 3 is 2.78 bits per heavy atom. The highest BCUT2D eigenvalue weighted by Gasteiger charge is 2.58. The Balaban J connectivity index is 1.38. The van der Waals surface area contributed by atoms with Crippen LogP contribution in [0, 0.1) is 11.8 Å². The summed E-state index contributed by atoms with van der Waals surface area (Å²) >= 11 is 0. The number of fused-ring (bicyclic) bond motifs is 1. The maximum absolute atomic E-state index is 13.0. The highest BCUT2D eigenvalue weighted by Crippen LogP contribution is 2.59. The summed E-state index contributed by atoms with van der Waals surface area (Å²) in [6, 6.07) is 9.27. The Morgan fingerprint density at radius 2 is 2.11 bits per heavy atom. The Hall–Kier alpha value is -1.84. The molecule has 4 heteroatoms. The lowest BCUT2D eigenvalue weighted by Gasteiger charge is -2.34. The van der Waals surface area contributed by atoms with Gasteiger partial charge in [-0.2, -0.15) is 0 Å². The summed E-state index contributed by atoms with van der Waals surface area (Å²) in [4.78, 5) is 26.6. The average Bonchev–Trinajstić information content (AvgIpc) is 3.61. The molecule has 1 aromatic rings. The first-order valence-corrected chi connectivity index (χ1v) is 10.7. The maximum Gasteiger partial charge on any atom is 0.227 e. The van der Waals surface area contributed by atoms with Crippen molar-refractivity contribution in [2.24, 2.45) is 11.8 Å². The summed E-state index contributed by atoms with van der Waals surface area (Å²) in [5.41, 5.74) is 3.34. The van der Waals surface area contributed by atoms with Crippen molar-refractivity contribution >= 4 is 11.8 Å². The van der Waals surface area contributed by atoms with Crippen LogP contribution in [0.1, 0.15) is 69.4 Å². The Morgan fingerprint density at radius 1 is 1.30 bits per heavy atom. The predicted octanol–water partition coefficient (Wildman–Crippen LogP) is 3.61. The first kappa shape index (κ1) is 18.5. The fourth-order valence-electron chi connectivity index (χ4n) is 4.86. The largest absolute Gasteiger partial charge is 0.355 e. The molecule has 3 aliphatic rings. The van der Waals surface area contributed by atoms with E-state index in [2.05, 4.69) is 34.5 Å². The average molecular weight is 369 g/mol. The molecule has 1 heterocycles. The molecular formula is C23H32N2O2. The van der Waals surface area contributed by atoms with Gasteiger partial charge in [-0.15, -0.1) is 0 Å². The lowest BCUT2D eigenvalue weighted by atomic mass is 9.85. The lowest BCUT2D eigenvalue weighted by Crippen LogP contribution is -2.46. The van der Waals surface area contributed by atoms with E-state index < -0.39 is 0 Å². The number of carbonyl (C=O) groups excluding carboxylic acids is 2. The molecule has 2 amide bonds. The van der Waals surface area contributed by atoms with Crippen LogP contribution in [0.25, 0.3) is 0 Å². The first-order valence-electron chi connectivity index (χ1n) is 10.7. The summed E-state index contributed by atoms with van der Waals surface area (Å²) in [5.74, 6) is 1.55. The number of piperidine rings is 1. The number of rotatable bonds is 7. The summed E-state index contributed by atoms with van der Waals surface area (Å²) in [7, 11) is 0. The molecule has 27 heavy (non-hydrogen) atoms. The van der Waals surface area contributed by atoms with Gasteiger partial charge in [-0.25, -0.2) is 0 Å². The third kappa shape index (κ3) is 3.63. The standard InChI is InChI=1S/C23H32N2O2/c1-3-16(14-24-21(26)4-2)22(27)25-11-10-23(13-20(23)15-25)19-7-5-6-18(12-19)17-8-9-17/h5-7,12,16-17,20H,3-4,8-11,13-15H2,1-2H3,(H,24,26)/t16-,20?,23?/m1/s1. The molecule has 3 fully saturated rings. The highest BCUT2D eigenvalue weighted by molar-refractivity contribution is 5.81. The van der Waals surface area contributed by atoms with Crippen LogP contribution in [0.2, 0.25) is 0 Å². The van der Waals surface area contributed by atoms with E-state index in [1.807, 2.05) is 13.8 Å². The van der Waals surface area contributed by atoms with Gasteiger partial charge in [-0.1, -0.05) is 38.1 Å². The molecule has 0 aromatic heterocycles. The molecule has 2 saturated carbocycles. The van der Waals surface area contributed by atoms with Crippen LogP contribution in [-0.4, -0.2) is 36.3 Å². The number of hydrogen-bond donors (Lipinski definition) is 1. The van der Waals surface area contributed by atoms with Gasteiger partial charge in [0, 0.05) is 31.5 Å². The van der Waals surface area contributed by atoms with E-state index in [9.17, 15) is 9.59 Å². The van der Waals surface area contributed by atoms with Crippen LogP contribution < -0.4 is 5.32 Å². The summed E-state index contributed by atoms with van der Waals surface area (Å²) in [6.45, 7) is 6.08. The molecule has 1 aromatic carbocycles. The van der Waals surface area contributed by atoms with E-state index in [1.165, 1.54) is 30.4 Å². The molecule has 3 atom stereocenters. The van der Waals surface area contributed by atoms with Gasteiger partial charge in [0.05, 0.1) is 5.92 Å². The third-order valence-corrected chi connectivity index (χ3v) is 7.03. The number of nitrogens with one attached hydrogen (secondary N) is 1. The van der Waals surface area contributed by atoms with Crippen molar-refractivity contribution in [1.29, 1.82) is 0 Å². The fraction of sp³-hybridized carbons (Fsp3) is 0.652. The molecule has 146 valence electrons. The summed E-state index contributed by atoms with van der Waals surface area (Å²) < 4.78 is 0. The van der Waals surface area contributed by atoms with E-state index in [1.54, 1.807) is 0 Å². The van der Waals surface area contributed by atoms with Gasteiger partial charge < -0.3 is 10.2 Å². The van der Waals surface area contributed by atoms with E-state index in [0.717, 1.165) is 31.8 Å². The Kier molecular flexibility index (Phi) is 5.00. The summed E-state index contributed by atoms with van der Waals surface area (Å²) in [6.07, 6.45) is 6.23. The highest BCUT2D eigenvalue weighted by atomic mass is 16.2. The van der Waals surface area contributed by atoms with Gasteiger partial charge >= 0.3 is 0 Å². The SMILES string of the molecule is CCC(=O)NC[C@@H](CC)C(=O)N1CCC2(c3cccc(C4CC4)c3)CC2C1. The molecule has 4 nitrogen and oxygen atoms in total. The minimum Gasteiger partial charge on any atom is -0.355 e. The normalized spacial score (nSPS) is 27.6. The van der Waals surface area contributed by atoms with E-state index >= 15 is 0 Å². The zero-order valence-electron chi connectivity index (χ0n) is 16.7. The molecular weight excluding hydrogens is 336 g/mol. The van der Waals surface area contributed by atoms with Crippen LogP contribution >= 0.6 is 0 Å². The van der Waals surface area contributed by atoms with E-state index in [0.29, 0.717) is 24.3 Å². The van der Waals surface area contributed by atoms with Crippen LogP contribution in [0.3, 0.4) is 0 Å². The van der Waals surface area contributed by atoms with Crippen LogP contribution in [0.15, 0.2) is 24.3 Å². The Labute approximate surface area is 162 Å². The predicted molar refractivity (Wildman–Crippen MR) is 106 cm³/mol. The molecule has 2 aliphatic carbocycles. The second-order valence-corrected chi connectivity index (χ2v) is 8.75. The maximum atomic E-state index is 13.0. The van der Waals surface area contributed by atoms with E-state index in [-0.39, 0.29) is 17.7 Å². The molecule has 4 rings (SSSR count). The van der Waals surface area contributed by atoms with Crippen molar-refractivity contribution < 1.29 is 9.59 Å². The molecule has 1 saturated heterocycles.